The highest BCUT2D eigenvalue weighted by atomic mass is 16.1. The number of carbonyl (C=O) groups excluding carboxylic acids is 1. The van der Waals surface area contributed by atoms with Gasteiger partial charge < -0.3 is 11.5 Å². The van der Waals surface area contributed by atoms with Crippen LogP contribution in [0.25, 0.3) is 17.0 Å². The van der Waals surface area contributed by atoms with Crippen molar-refractivity contribution in [2.45, 2.75) is 6.17 Å². The maximum absolute atomic E-state index is 12.8. The molecule has 0 saturated carbocycles. The number of para-hydroxylation sites is 2. The number of ketones is 1. The Hall–Kier alpha value is -3.52. The molecule has 1 atom stereocenters. The van der Waals surface area contributed by atoms with Gasteiger partial charge in [0.25, 0.3) is 0 Å². The average molecular weight is 333 g/mol. The summed E-state index contributed by atoms with van der Waals surface area (Å²) in [5, 5.41) is 4.19. The van der Waals surface area contributed by atoms with Crippen molar-refractivity contribution >= 4 is 22.6 Å². The molecular weight excluding hydrogens is 318 g/mol. The molecule has 124 valence electrons. The van der Waals surface area contributed by atoms with Gasteiger partial charge in [-0.05, 0) is 24.3 Å². The second kappa shape index (κ2) is 5.84. The van der Waals surface area contributed by atoms with E-state index in [0.29, 0.717) is 22.8 Å². The number of hydrogen-bond donors (Lipinski definition) is 2. The number of Topliss-reactive ketones (excluding diaryl/α,β-unsaturated/α-hetero) is 1. The lowest BCUT2D eigenvalue weighted by Gasteiger charge is -2.16. The second-order valence-electron chi connectivity index (χ2n) is 5.49. The van der Waals surface area contributed by atoms with E-state index in [1.54, 1.807) is 35.2 Å². The highest BCUT2D eigenvalue weighted by Gasteiger charge is 2.25. The molecule has 0 radical (unpaired) electrons. The summed E-state index contributed by atoms with van der Waals surface area (Å²) in [6, 6.07) is 12.4. The SMILES string of the molecule is Nc1ccnn1-c1nc2ccccc2n1C(N)C(=O)c1cccnc1. The molecule has 1 unspecified atom stereocenters. The van der Waals surface area contributed by atoms with Gasteiger partial charge in [-0.3, -0.25) is 14.3 Å². The molecule has 25 heavy (non-hydrogen) atoms. The number of aromatic nitrogens is 5. The van der Waals surface area contributed by atoms with E-state index >= 15 is 0 Å². The van der Waals surface area contributed by atoms with E-state index in [1.807, 2.05) is 24.3 Å². The van der Waals surface area contributed by atoms with E-state index in [2.05, 4.69) is 15.1 Å². The summed E-state index contributed by atoms with van der Waals surface area (Å²) in [6.45, 7) is 0. The number of pyridine rings is 1. The number of carbonyl (C=O) groups is 1. The summed E-state index contributed by atoms with van der Waals surface area (Å²) in [6.07, 6.45) is 3.66. The minimum absolute atomic E-state index is 0.275. The average Bonchev–Trinajstić information content (AvgIpc) is 3.24. The quantitative estimate of drug-likeness (QED) is 0.547. The third-order valence-corrected chi connectivity index (χ3v) is 3.93. The first kappa shape index (κ1) is 15.0. The van der Waals surface area contributed by atoms with Crippen LogP contribution < -0.4 is 11.5 Å². The summed E-state index contributed by atoms with van der Waals surface area (Å²) in [5.74, 6) is 0.509. The van der Waals surface area contributed by atoms with Crippen LogP contribution in [0.5, 0.6) is 0 Å². The standard InChI is InChI=1S/C17H15N7O/c18-14-7-9-21-24(14)17-22-12-5-1-2-6-13(12)23(17)16(19)15(25)11-4-3-8-20-10-11/h1-10,16H,18-19H2. The smallest absolute Gasteiger partial charge is 0.235 e. The molecule has 4 rings (SSSR count). The molecular formula is C17H15N7O. The summed E-state index contributed by atoms with van der Waals surface area (Å²) < 4.78 is 3.09. The lowest BCUT2D eigenvalue weighted by atomic mass is 10.1. The molecule has 3 aromatic heterocycles. The van der Waals surface area contributed by atoms with E-state index in [0.717, 1.165) is 5.52 Å². The van der Waals surface area contributed by atoms with Crippen LogP contribution in [0, 0.1) is 0 Å². The van der Waals surface area contributed by atoms with Gasteiger partial charge in [0.2, 0.25) is 11.7 Å². The molecule has 0 amide bonds. The Bertz CT molecular complexity index is 1050. The number of nitrogen functional groups attached to an aromatic ring is 1. The van der Waals surface area contributed by atoms with Crippen molar-refractivity contribution < 1.29 is 4.79 Å². The van der Waals surface area contributed by atoms with Gasteiger partial charge in [-0.15, -0.1) is 0 Å². The highest BCUT2D eigenvalue weighted by molar-refractivity contribution is 5.99. The molecule has 0 aliphatic heterocycles. The number of anilines is 1. The van der Waals surface area contributed by atoms with Crippen LogP contribution in [0.1, 0.15) is 16.5 Å². The van der Waals surface area contributed by atoms with E-state index in [-0.39, 0.29) is 5.78 Å². The fourth-order valence-corrected chi connectivity index (χ4v) is 2.73. The number of rotatable bonds is 4. The normalized spacial score (nSPS) is 12.4. The van der Waals surface area contributed by atoms with Crippen molar-refractivity contribution in [3.8, 4) is 5.95 Å². The third kappa shape index (κ3) is 2.45. The molecule has 0 spiro atoms. The van der Waals surface area contributed by atoms with Gasteiger partial charge in [-0.2, -0.15) is 9.78 Å². The van der Waals surface area contributed by atoms with Crippen molar-refractivity contribution in [3.63, 3.8) is 0 Å². The van der Waals surface area contributed by atoms with Crippen LogP contribution in [0.15, 0.2) is 61.1 Å². The number of nitrogens with zero attached hydrogens (tertiary/aromatic N) is 5. The van der Waals surface area contributed by atoms with Gasteiger partial charge in [0.1, 0.15) is 12.0 Å². The Kier molecular flexibility index (Phi) is 3.51. The molecule has 4 N–H and O–H groups in total. The van der Waals surface area contributed by atoms with Gasteiger partial charge in [0, 0.05) is 24.0 Å². The Labute approximate surface area is 142 Å². The van der Waals surface area contributed by atoms with Crippen LogP contribution in [0.4, 0.5) is 5.82 Å². The first-order valence-corrected chi connectivity index (χ1v) is 7.63. The topological polar surface area (TPSA) is 118 Å². The van der Waals surface area contributed by atoms with Crippen LogP contribution in [-0.4, -0.2) is 30.1 Å². The van der Waals surface area contributed by atoms with Crippen molar-refractivity contribution in [3.05, 3.63) is 66.6 Å². The van der Waals surface area contributed by atoms with Crippen LogP contribution >= 0.6 is 0 Å². The number of fused-ring (bicyclic) bond motifs is 1. The van der Waals surface area contributed by atoms with Crippen molar-refractivity contribution in [2.24, 2.45) is 5.73 Å². The van der Waals surface area contributed by atoms with Gasteiger partial charge in [0.05, 0.1) is 17.2 Å². The molecule has 0 fully saturated rings. The molecule has 1 aromatic carbocycles. The third-order valence-electron chi connectivity index (χ3n) is 3.93. The Morgan fingerprint density at radius 3 is 2.64 bits per heavy atom. The number of imidazole rings is 1. The van der Waals surface area contributed by atoms with Gasteiger partial charge >= 0.3 is 0 Å². The van der Waals surface area contributed by atoms with E-state index < -0.39 is 6.17 Å². The lowest BCUT2D eigenvalue weighted by molar-refractivity contribution is 0.0929. The molecule has 3 heterocycles. The zero-order valence-corrected chi connectivity index (χ0v) is 13.1. The molecule has 0 bridgehead atoms. The fourth-order valence-electron chi connectivity index (χ4n) is 2.73. The Balaban J connectivity index is 1.91. The van der Waals surface area contributed by atoms with E-state index in [9.17, 15) is 4.79 Å². The Morgan fingerprint density at radius 2 is 1.92 bits per heavy atom. The maximum Gasteiger partial charge on any atom is 0.235 e. The summed E-state index contributed by atoms with van der Waals surface area (Å²) >= 11 is 0. The molecule has 0 saturated heterocycles. The number of nitrogens with two attached hydrogens (primary N) is 2. The second-order valence-corrected chi connectivity index (χ2v) is 5.49. The monoisotopic (exact) mass is 333 g/mol. The van der Waals surface area contributed by atoms with E-state index in [1.165, 1.54) is 10.9 Å². The molecule has 0 aliphatic carbocycles. The molecule has 8 heteroatoms. The van der Waals surface area contributed by atoms with Crippen molar-refractivity contribution in [1.29, 1.82) is 0 Å². The maximum atomic E-state index is 12.8. The van der Waals surface area contributed by atoms with Crippen LogP contribution in [0.3, 0.4) is 0 Å². The minimum atomic E-state index is -0.991. The first-order chi connectivity index (χ1) is 12.2. The van der Waals surface area contributed by atoms with Crippen LogP contribution in [0.2, 0.25) is 0 Å². The number of benzene rings is 1. The van der Waals surface area contributed by atoms with Crippen LogP contribution in [-0.2, 0) is 0 Å². The molecule has 0 aliphatic rings. The predicted molar refractivity (Wildman–Crippen MR) is 93.1 cm³/mol. The summed E-state index contributed by atoms with van der Waals surface area (Å²) in [5.41, 5.74) is 14.1. The van der Waals surface area contributed by atoms with Crippen molar-refractivity contribution in [1.82, 2.24) is 24.3 Å². The first-order valence-electron chi connectivity index (χ1n) is 7.63. The predicted octanol–water partition coefficient (Wildman–Crippen LogP) is 1.54. The fraction of sp³-hybridized carbons (Fsp3) is 0.0588. The van der Waals surface area contributed by atoms with Gasteiger partial charge in [0.15, 0.2) is 0 Å². The zero-order chi connectivity index (χ0) is 17.4. The van der Waals surface area contributed by atoms with E-state index in [4.69, 9.17) is 11.5 Å². The summed E-state index contributed by atoms with van der Waals surface area (Å²) in [4.78, 5) is 21.3. The minimum Gasteiger partial charge on any atom is -0.383 e. The molecule has 8 nitrogen and oxygen atoms in total. The summed E-state index contributed by atoms with van der Waals surface area (Å²) in [7, 11) is 0. The number of hydrogen-bond acceptors (Lipinski definition) is 6. The highest BCUT2D eigenvalue weighted by Crippen LogP contribution is 2.24. The van der Waals surface area contributed by atoms with Crippen molar-refractivity contribution in [2.75, 3.05) is 5.73 Å². The Morgan fingerprint density at radius 1 is 1.08 bits per heavy atom. The van der Waals surface area contributed by atoms with Gasteiger partial charge in [-0.25, -0.2) is 4.98 Å². The lowest BCUT2D eigenvalue weighted by Crippen LogP contribution is -2.30. The van der Waals surface area contributed by atoms with Gasteiger partial charge in [-0.1, -0.05) is 12.1 Å². The molecule has 4 aromatic rings. The largest absolute Gasteiger partial charge is 0.383 e. The zero-order valence-electron chi connectivity index (χ0n) is 13.1.